The van der Waals surface area contributed by atoms with Gasteiger partial charge in [-0.25, -0.2) is 9.59 Å². The van der Waals surface area contributed by atoms with Gasteiger partial charge < -0.3 is 41.8 Å². The lowest BCUT2D eigenvalue weighted by Gasteiger charge is -2.17. The van der Waals surface area contributed by atoms with Gasteiger partial charge in [-0.15, -0.1) is 0 Å². The van der Waals surface area contributed by atoms with Crippen molar-refractivity contribution >= 4 is 46.7 Å². The molecule has 41 heavy (non-hydrogen) atoms. The van der Waals surface area contributed by atoms with Gasteiger partial charge in [0.1, 0.15) is 17.7 Å². The molecule has 15 heteroatoms. The minimum atomic E-state index is -1.44. The number of rotatable bonds is 14. The molecule has 0 bridgehead atoms. The number of amides is 2. The summed E-state index contributed by atoms with van der Waals surface area (Å²) in [5.74, 6) is -6.07. The van der Waals surface area contributed by atoms with Crippen LogP contribution < -0.4 is 16.4 Å². The minimum Gasteiger partial charge on any atom is -0.493 e. The van der Waals surface area contributed by atoms with E-state index in [9.17, 15) is 34.2 Å². The number of carboxylic acid groups (broad SMARTS) is 3. The maximum Gasteiger partial charge on any atom is 0.326 e. The molecule has 2 aromatic heterocycles. The van der Waals surface area contributed by atoms with E-state index in [1.165, 1.54) is 12.1 Å². The van der Waals surface area contributed by atoms with Crippen LogP contribution in [0, 0.1) is 0 Å². The zero-order chi connectivity index (χ0) is 30.3. The van der Waals surface area contributed by atoms with Gasteiger partial charge >= 0.3 is 17.9 Å². The van der Waals surface area contributed by atoms with Crippen molar-refractivity contribution in [2.24, 2.45) is 0 Å². The smallest absolute Gasteiger partial charge is 0.326 e. The van der Waals surface area contributed by atoms with Crippen molar-refractivity contribution in [1.29, 1.82) is 0 Å². The monoisotopic (exact) mass is 570 g/mol. The van der Waals surface area contributed by atoms with Gasteiger partial charge in [0.15, 0.2) is 0 Å². The third-order valence-electron chi connectivity index (χ3n) is 6.46. The molecule has 1 aromatic carbocycles. The van der Waals surface area contributed by atoms with Crippen LogP contribution in [0.25, 0.3) is 11.0 Å². The van der Waals surface area contributed by atoms with Gasteiger partial charge in [0, 0.05) is 30.5 Å². The molecule has 0 saturated carbocycles. The van der Waals surface area contributed by atoms with Crippen molar-refractivity contribution in [2.75, 3.05) is 5.73 Å². The molecular weight excluding hydrogens is 540 g/mol. The van der Waals surface area contributed by atoms with Crippen LogP contribution in [0.3, 0.4) is 0 Å². The molecule has 0 spiro atoms. The highest BCUT2D eigenvalue weighted by Gasteiger charge is 2.25. The van der Waals surface area contributed by atoms with Gasteiger partial charge in [0.2, 0.25) is 17.7 Å². The number of nitrogens with one attached hydrogen (secondary N) is 3. The number of nitrogens with zero attached hydrogens (tertiary/aromatic N) is 2. The molecule has 0 aliphatic carbocycles. The summed E-state index contributed by atoms with van der Waals surface area (Å²) in [7, 11) is 0. The average Bonchev–Trinajstić information content (AvgIpc) is 3.33. The standard InChI is InChI=1S/C26H30N6O9/c1-2-14(15-11-28-21-20(15)23(37)32-26(27)31-21)12-3-5-13(6-4-12)22(36)30-17(25(40)41)7-9-18(33)29-16(24(38)39)8-10-19(34)35/h3-6,11,14,16-17H,2,7-10H2,1H3,(H,29,33)(H,30,36)(H,34,35)(H,38,39)(H,40,41)(H4,27,28,31,32,37)/t14?,16-,17-/m0/s1. The summed E-state index contributed by atoms with van der Waals surface area (Å²) < 4.78 is 0. The molecule has 3 aromatic rings. The fourth-order valence-electron chi connectivity index (χ4n) is 4.40. The van der Waals surface area contributed by atoms with Crippen molar-refractivity contribution < 1.29 is 44.4 Å². The molecule has 1 unspecified atom stereocenters. The van der Waals surface area contributed by atoms with E-state index >= 15 is 0 Å². The van der Waals surface area contributed by atoms with Crippen LogP contribution in [0.2, 0.25) is 0 Å². The molecule has 3 atom stereocenters. The Balaban J connectivity index is 1.66. The summed E-state index contributed by atoms with van der Waals surface area (Å²) in [6, 6.07) is 3.54. The molecule has 0 saturated heterocycles. The Labute approximate surface area is 232 Å². The number of aromatic hydroxyl groups is 1. The quantitative estimate of drug-likeness (QED) is 0.136. The van der Waals surface area contributed by atoms with Crippen LogP contribution in [0.1, 0.15) is 66.4 Å². The number of H-pyrrole nitrogens is 1. The van der Waals surface area contributed by atoms with Gasteiger partial charge in [-0.3, -0.25) is 14.4 Å². The molecule has 3 rings (SSSR count). The third kappa shape index (κ3) is 7.68. The summed E-state index contributed by atoms with van der Waals surface area (Å²) in [5.41, 5.74) is 7.68. The number of fused-ring (bicyclic) bond motifs is 1. The number of carbonyl (C=O) groups is 5. The number of aromatic amines is 1. The van der Waals surface area contributed by atoms with E-state index in [0.717, 1.165) is 11.1 Å². The Bertz CT molecular complexity index is 1450. The predicted octanol–water partition coefficient (Wildman–Crippen LogP) is 1.19. The number of aromatic nitrogens is 3. The topological polar surface area (TPSA) is 258 Å². The second-order valence-corrected chi connectivity index (χ2v) is 9.25. The van der Waals surface area contributed by atoms with Crippen LogP contribution in [-0.2, 0) is 19.2 Å². The van der Waals surface area contributed by atoms with E-state index in [2.05, 4.69) is 25.6 Å². The van der Waals surface area contributed by atoms with Crippen molar-refractivity contribution in [3.05, 3.63) is 47.2 Å². The van der Waals surface area contributed by atoms with Gasteiger partial charge in [-0.1, -0.05) is 19.1 Å². The molecule has 0 radical (unpaired) electrons. The molecule has 0 aliphatic heterocycles. The van der Waals surface area contributed by atoms with E-state index in [1.54, 1.807) is 18.3 Å². The maximum atomic E-state index is 12.8. The number of hydrogen-bond donors (Lipinski definition) is 8. The minimum absolute atomic E-state index is 0.0766. The summed E-state index contributed by atoms with van der Waals surface area (Å²) in [5, 5.41) is 42.7. The van der Waals surface area contributed by atoms with E-state index in [1.807, 2.05) is 6.92 Å². The van der Waals surface area contributed by atoms with Gasteiger partial charge in [0.25, 0.3) is 5.91 Å². The number of carbonyl (C=O) groups excluding carboxylic acids is 2. The van der Waals surface area contributed by atoms with Crippen LogP contribution in [0.15, 0.2) is 30.5 Å². The van der Waals surface area contributed by atoms with Crippen molar-refractivity contribution in [3.8, 4) is 5.88 Å². The van der Waals surface area contributed by atoms with Gasteiger partial charge in [0.05, 0.1) is 5.39 Å². The van der Waals surface area contributed by atoms with Crippen molar-refractivity contribution in [2.45, 2.75) is 57.0 Å². The highest BCUT2D eigenvalue weighted by molar-refractivity contribution is 5.97. The van der Waals surface area contributed by atoms with Crippen LogP contribution >= 0.6 is 0 Å². The Hall–Kier alpha value is -5.21. The lowest BCUT2D eigenvalue weighted by Crippen LogP contribution is -2.44. The zero-order valence-electron chi connectivity index (χ0n) is 22.0. The summed E-state index contributed by atoms with van der Waals surface area (Å²) in [6.07, 6.45) is 0.768. The second-order valence-electron chi connectivity index (χ2n) is 9.25. The molecule has 9 N–H and O–H groups in total. The zero-order valence-corrected chi connectivity index (χ0v) is 22.0. The normalized spacial score (nSPS) is 13.2. The molecule has 15 nitrogen and oxygen atoms in total. The second kappa shape index (κ2) is 13.2. The third-order valence-corrected chi connectivity index (χ3v) is 6.46. The maximum absolute atomic E-state index is 12.8. The number of nitrogens with two attached hydrogens (primary N) is 1. The molecule has 2 heterocycles. The number of carboxylic acids is 3. The lowest BCUT2D eigenvalue weighted by atomic mass is 9.89. The van der Waals surface area contributed by atoms with Crippen LogP contribution in [0.5, 0.6) is 5.88 Å². The fraction of sp³-hybridized carbons (Fsp3) is 0.346. The molecule has 2 amide bonds. The SMILES string of the molecule is CCC(c1ccc(C(=O)N[C@@H](CCC(=O)N[C@@H](CCC(=O)O)C(=O)O)C(=O)O)cc1)c1c[nH]c2nc(N)nc(O)c12. The van der Waals surface area contributed by atoms with E-state index < -0.39 is 54.6 Å². The first-order valence-electron chi connectivity index (χ1n) is 12.6. The molecular formula is C26H30N6O9. The highest BCUT2D eigenvalue weighted by Crippen LogP contribution is 2.36. The predicted molar refractivity (Wildman–Crippen MR) is 143 cm³/mol. The first-order valence-corrected chi connectivity index (χ1v) is 12.6. The van der Waals surface area contributed by atoms with Crippen molar-refractivity contribution in [3.63, 3.8) is 0 Å². The lowest BCUT2D eigenvalue weighted by molar-refractivity contribution is -0.143. The van der Waals surface area contributed by atoms with Crippen LogP contribution in [0.4, 0.5) is 5.95 Å². The Kier molecular flexibility index (Phi) is 9.79. The largest absolute Gasteiger partial charge is 0.493 e. The molecule has 218 valence electrons. The number of hydrogen-bond acceptors (Lipinski definition) is 9. The summed E-state index contributed by atoms with van der Waals surface area (Å²) in [4.78, 5) is 69.5. The van der Waals surface area contributed by atoms with Crippen LogP contribution in [-0.4, -0.2) is 77.2 Å². The van der Waals surface area contributed by atoms with E-state index in [4.69, 9.17) is 15.9 Å². The van der Waals surface area contributed by atoms with E-state index in [0.29, 0.717) is 17.5 Å². The number of nitrogen functional groups attached to an aromatic ring is 1. The number of aliphatic carboxylic acids is 3. The molecule has 0 fully saturated rings. The summed E-state index contributed by atoms with van der Waals surface area (Å²) >= 11 is 0. The van der Waals surface area contributed by atoms with Gasteiger partial charge in [-0.05, 0) is 42.5 Å². The molecule has 0 aliphatic rings. The van der Waals surface area contributed by atoms with Crippen molar-refractivity contribution in [1.82, 2.24) is 25.6 Å². The Morgan fingerprint density at radius 2 is 1.54 bits per heavy atom. The fourth-order valence-corrected chi connectivity index (χ4v) is 4.40. The Morgan fingerprint density at radius 1 is 0.927 bits per heavy atom. The van der Waals surface area contributed by atoms with E-state index in [-0.39, 0.29) is 36.2 Å². The summed E-state index contributed by atoms with van der Waals surface area (Å²) in [6.45, 7) is 1.94. The average molecular weight is 571 g/mol. The first kappa shape index (κ1) is 30.3. The Morgan fingerprint density at radius 3 is 2.12 bits per heavy atom. The van der Waals surface area contributed by atoms with Gasteiger partial charge in [-0.2, -0.15) is 9.97 Å². The number of benzene rings is 1. The number of anilines is 1. The first-order chi connectivity index (χ1) is 19.4. The highest BCUT2D eigenvalue weighted by atomic mass is 16.4.